The summed E-state index contributed by atoms with van der Waals surface area (Å²) in [6.07, 6.45) is 7.95. The fourth-order valence-electron chi connectivity index (χ4n) is 3.49. The van der Waals surface area contributed by atoms with Crippen molar-refractivity contribution >= 4 is 17.9 Å². The summed E-state index contributed by atoms with van der Waals surface area (Å²) in [6.45, 7) is 3.82. The van der Waals surface area contributed by atoms with Gasteiger partial charge in [0.25, 0.3) is 0 Å². The van der Waals surface area contributed by atoms with Crippen LogP contribution in [-0.2, 0) is 19.1 Å². The number of fused-ring (bicyclic) bond motifs is 2. The number of amides is 1. The van der Waals surface area contributed by atoms with Crippen molar-refractivity contribution in [3.63, 3.8) is 0 Å². The molecule has 0 atom stereocenters. The van der Waals surface area contributed by atoms with Crippen LogP contribution >= 0.6 is 0 Å². The van der Waals surface area contributed by atoms with Crippen LogP contribution in [-0.4, -0.2) is 67.2 Å². The summed E-state index contributed by atoms with van der Waals surface area (Å²) in [4.78, 5) is 32.3. The number of rotatable bonds is 6. The highest BCUT2D eigenvalue weighted by molar-refractivity contribution is 6.05. The molecule has 4 rings (SSSR count). The van der Waals surface area contributed by atoms with Crippen molar-refractivity contribution in [2.24, 2.45) is 4.99 Å². The summed E-state index contributed by atoms with van der Waals surface area (Å²) in [5.41, 5.74) is 1.50. The molecule has 0 aromatic rings. The highest BCUT2D eigenvalue weighted by atomic mass is 16.5. The number of ketones is 1. The topological polar surface area (TPSA) is 83.5 Å². The van der Waals surface area contributed by atoms with E-state index in [4.69, 9.17) is 9.47 Å². The van der Waals surface area contributed by atoms with Gasteiger partial charge < -0.3 is 24.6 Å². The number of unbranched alkanes of at least 4 members (excludes halogenated alkanes) is 1. The fraction of sp³-hybridized carbons (Fsp3) is 0.526. The molecule has 1 saturated heterocycles. The van der Waals surface area contributed by atoms with Crippen LogP contribution in [0.2, 0.25) is 0 Å². The van der Waals surface area contributed by atoms with Crippen molar-refractivity contribution in [3.05, 3.63) is 35.3 Å². The number of ether oxygens (including phenoxy) is 2. The molecular formula is C19H24N4O4. The smallest absolute Gasteiger partial charge is 0.222 e. The molecule has 0 spiro atoms. The molecule has 27 heavy (non-hydrogen) atoms. The monoisotopic (exact) mass is 372 g/mol. The van der Waals surface area contributed by atoms with Crippen LogP contribution in [0.3, 0.4) is 0 Å². The third-order valence-electron chi connectivity index (χ3n) is 4.98. The first-order valence-corrected chi connectivity index (χ1v) is 9.45. The van der Waals surface area contributed by atoms with E-state index in [2.05, 4.69) is 10.3 Å². The van der Waals surface area contributed by atoms with E-state index in [0.717, 1.165) is 24.3 Å². The Kier molecular flexibility index (Phi) is 5.24. The van der Waals surface area contributed by atoms with Crippen molar-refractivity contribution in [2.45, 2.75) is 25.7 Å². The van der Waals surface area contributed by atoms with Gasteiger partial charge in [-0.3, -0.25) is 9.59 Å². The molecule has 4 aliphatic heterocycles. The van der Waals surface area contributed by atoms with E-state index in [-0.39, 0.29) is 11.7 Å². The summed E-state index contributed by atoms with van der Waals surface area (Å²) in [6, 6.07) is 0. The van der Waals surface area contributed by atoms with Crippen LogP contribution in [0.15, 0.2) is 40.2 Å². The van der Waals surface area contributed by atoms with E-state index >= 15 is 0 Å². The summed E-state index contributed by atoms with van der Waals surface area (Å²) >= 11 is 0. The number of allylic oxidation sites excluding steroid dienone is 2. The van der Waals surface area contributed by atoms with Crippen LogP contribution in [0.1, 0.15) is 25.7 Å². The maximum absolute atomic E-state index is 12.1. The van der Waals surface area contributed by atoms with Crippen molar-refractivity contribution in [1.82, 2.24) is 15.1 Å². The average molecular weight is 372 g/mol. The van der Waals surface area contributed by atoms with Crippen LogP contribution in [0, 0.1) is 0 Å². The second-order valence-corrected chi connectivity index (χ2v) is 6.85. The highest BCUT2D eigenvalue weighted by Crippen LogP contribution is 2.31. The molecule has 4 heterocycles. The first kappa shape index (κ1) is 17.8. The van der Waals surface area contributed by atoms with Gasteiger partial charge in [0.05, 0.1) is 32.1 Å². The number of morpholine rings is 1. The van der Waals surface area contributed by atoms with Crippen LogP contribution in [0.4, 0.5) is 0 Å². The van der Waals surface area contributed by atoms with Gasteiger partial charge in [-0.25, -0.2) is 4.99 Å². The summed E-state index contributed by atoms with van der Waals surface area (Å²) < 4.78 is 11.1. The van der Waals surface area contributed by atoms with Crippen LogP contribution in [0.25, 0.3) is 0 Å². The predicted octanol–water partition coefficient (Wildman–Crippen LogP) is 0.889. The number of nitrogens with one attached hydrogen (secondary N) is 1. The molecule has 0 bridgehead atoms. The Morgan fingerprint density at radius 3 is 3.00 bits per heavy atom. The second-order valence-electron chi connectivity index (χ2n) is 6.85. The molecule has 8 heteroatoms. The minimum atomic E-state index is 0.0506. The van der Waals surface area contributed by atoms with E-state index in [1.165, 1.54) is 0 Å². The zero-order valence-electron chi connectivity index (χ0n) is 15.3. The Morgan fingerprint density at radius 2 is 2.15 bits per heavy atom. The fourth-order valence-corrected chi connectivity index (χ4v) is 3.49. The molecule has 0 aromatic carbocycles. The number of hydrogen-bond acceptors (Lipinski definition) is 7. The maximum Gasteiger partial charge on any atom is 0.222 e. The summed E-state index contributed by atoms with van der Waals surface area (Å²) in [5, 5.41) is 3.04. The largest absolute Gasteiger partial charge is 0.496 e. The molecule has 144 valence electrons. The molecule has 0 saturated carbocycles. The Hall–Kier alpha value is -2.61. The molecule has 8 nitrogen and oxygen atoms in total. The number of hydrogen-bond donors (Lipinski definition) is 1. The average Bonchev–Trinajstić information content (AvgIpc) is 3.12. The molecule has 1 N–H and O–H groups in total. The summed E-state index contributed by atoms with van der Waals surface area (Å²) in [7, 11) is 0. The quantitative estimate of drug-likeness (QED) is 0.697. The van der Waals surface area contributed by atoms with Crippen molar-refractivity contribution in [1.29, 1.82) is 0 Å². The normalized spacial score (nSPS) is 21.4. The number of aliphatic imine (C=N–C) groups is 1. The van der Waals surface area contributed by atoms with Gasteiger partial charge in [0.15, 0.2) is 11.6 Å². The lowest BCUT2D eigenvalue weighted by Crippen LogP contribution is -2.40. The van der Waals surface area contributed by atoms with Gasteiger partial charge in [0, 0.05) is 44.4 Å². The lowest BCUT2D eigenvalue weighted by Gasteiger charge is -2.28. The van der Waals surface area contributed by atoms with Gasteiger partial charge in [0.2, 0.25) is 5.91 Å². The molecule has 4 aliphatic rings. The Labute approximate surface area is 158 Å². The van der Waals surface area contributed by atoms with E-state index < -0.39 is 0 Å². The number of nitrogens with zero attached hydrogens (tertiary/aromatic N) is 3. The molecule has 0 radical (unpaired) electrons. The predicted molar refractivity (Wildman–Crippen MR) is 98.4 cm³/mol. The third-order valence-corrected chi connectivity index (χ3v) is 4.98. The lowest BCUT2D eigenvalue weighted by molar-refractivity contribution is -0.135. The second kappa shape index (κ2) is 7.96. The number of Topliss-reactive ketones (excluding diaryl/α,β-unsaturated/α-hetero) is 1. The first-order chi connectivity index (χ1) is 13.2. The van der Waals surface area contributed by atoms with Crippen molar-refractivity contribution < 1.29 is 19.1 Å². The number of carbonyl (C=O) groups excluding carboxylic acids is 2. The molecule has 1 amide bonds. The van der Waals surface area contributed by atoms with Crippen molar-refractivity contribution in [3.8, 4) is 0 Å². The minimum Gasteiger partial charge on any atom is -0.496 e. The van der Waals surface area contributed by atoms with Gasteiger partial charge in [-0.2, -0.15) is 0 Å². The van der Waals surface area contributed by atoms with Crippen LogP contribution < -0.4 is 5.32 Å². The van der Waals surface area contributed by atoms with Gasteiger partial charge in [0.1, 0.15) is 11.5 Å². The van der Waals surface area contributed by atoms with Gasteiger partial charge in [-0.15, -0.1) is 0 Å². The van der Waals surface area contributed by atoms with E-state index in [9.17, 15) is 9.59 Å². The lowest BCUT2D eigenvalue weighted by atomic mass is 10.1. The molecule has 0 unspecified atom stereocenters. The molecule has 0 aromatic heterocycles. The zero-order valence-corrected chi connectivity index (χ0v) is 15.3. The van der Waals surface area contributed by atoms with E-state index in [0.29, 0.717) is 63.8 Å². The highest BCUT2D eigenvalue weighted by Gasteiger charge is 2.31. The van der Waals surface area contributed by atoms with Crippen LogP contribution in [0.5, 0.6) is 0 Å². The SMILES string of the molecule is O=C1CC=NC2=C1NC=C1C=C(OCCCCC(=O)N3CCOCC3)CN12. The zero-order chi connectivity index (χ0) is 18.6. The van der Waals surface area contributed by atoms with Gasteiger partial charge >= 0.3 is 0 Å². The maximum atomic E-state index is 12.1. The van der Waals surface area contributed by atoms with E-state index in [1.54, 1.807) is 6.21 Å². The van der Waals surface area contributed by atoms with E-state index in [1.807, 2.05) is 22.1 Å². The number of carbonyl (C=O) groups is 2. The molecular weight excluding hydrogens is 348 g/mol. The summed E-state index contributed by atoms with van der Waals surface area (Å²) in [5.74, 6) is 1.76. The first-order valence-electron chi connectivity index (χ1n) is 9.45. The Bertz CT molecular complexity index is 747. The molecule has 0 aliphatic carbocycles. The van der Waals surface area contributed by atoms with Crippen molar-refractivity contribution in [2.75, 3.05) is 39.5 Å². The Morgan fingerprint density at radius 1 is 1.30 bits per heavy atom. The molecule has 1 fully saturated rings. The Balaban J connectivity index is 1.20. The van der Waals surface area contributed by atoms with Gasteiger partial charge in [-0.05, 0) is 12.8 Å². The van der Waals surface area contributed by atoms with Gasteiger partial charge in [-0.1, -0.05) is 0 Å². The minimum absolute atomic E-state index is 0.0506. The standard InChI is InChI=1S/C19H24N4O4/c24-16-4-5-20-19-18(16)21-12-14-11-15(13-23(14)19)27-8-2-1-3-17(25)22-6-9-26-10-7-22/h5,11-12,21H,1-4,6-10,13H2. The third kappa shape index (κ3) is 3.90.